The van der Waals surface area contributed by atoms with Gasteiger partial charge >= 0.3 is 5.76 Å². The molecule has 0 aliphatic rings. The molecule has 1 aromatic carbocycles. The number of hydrogen-bond acceptors (Lipinski definition) is 4. The quantitative estimate of drug-likeness (QED) is 0.790. The van der Waals surface area contributed by atoms with Crippen LogP contribution in [0.4, 0.5) is 4.39 Å². The second-order valence-electron chi connectivity index (χ2n) is 4.47. The molecule has 0 fully saturated rings. The lowest BCUT2D eigenvalue weighted by molar-refractivity contribution is 0.479. The maximum atomic E-state index is 13.2. The Labute approximate surface area is 113 Å². The number of fused-ring (bicyclic) bond motifs is 1. The average molecular weight is 273 g/mol. The standard InChI is InChI=1S/C14H12FN3O2/c15-10-4-1-3-9(7-10)11(16)8-18-13-12(20-14(18)19)5-2-6-17-13/h1-7,11H,8,16H2. The Morgan fingerprint density at radius 1 is 1.35 bits per heavy atom. The van der Waals surface area contributed by atoms with Crippen molar-refractivity contribution in [1.82, 2.24) is 9.55 Å². The van der Waals surface area contributed by atoms with E-state index in [-0.39, 0.29) is 12.4 Å². The first kappa shape index (κ1) is 12.6. The average Bonchev–Trinajstić information content (AvgIpc) is 2.75. The van der Waals surface area contributed by atoms with E-state index >= 15 is 0 Å². The van der Waals surface area contributed by atoms with E-state index in [0.29, 0.717) is 16.8 Å². The summed E-state index contributed by atoms with van der Waals surface area (Å²) >= 11 is 0. The number of nitrogens with zero attached hydrogens (tertiary/aromatic N) is 2. The molecule has 1 unspecified atom stereocenters. The van der Waals surface area contributed by atoms with Crippen molar-refractivity contribution in [2.45, 2.75) is 12.6 Å². The van der Waals surface area contributed by atoms with Crippen molar-refractivity contribution < 1.29 is 8.81 Å². The molecule has 2 N–H and O–H groups in total. The summed E-state index contributed by atoms with van der Waals surface area (Å²) in [7, 11) is 0. The second-order valence-corrected chi connectivity index (χ2v) is 4.47. The fraction of sp³-hybridized carbons (Fsp3) is 0.143. The van der Waals surface area contributed by atoms with Gasteiger partial charge in [0.25, 0.3) is 0 Å². The van der Waals surface area contributed by atoms with Gasteiger partial charge in [0.15, 0.2) is 11.2 Å². The van der Waals surface area contributed by atoms with E-state index in [1.54, 1.807) is 30.5 Å². The number of hydrogen-bond donors (Lipinski definition) is 1. The van der Waals surface area contributed by atoms with Crippen molar-refractivity contribution >= 4 is 11.2 Å². The highest BCUT2D eigenvalue weighted by Crippen LogP contribution is 2.16. The predicted octanol–water partition coefficient (Wildman–Crippen LogP) is 1.83. The zero-order valence-corrected chi connectivity index (χ0v) is 10.5. The molecule has 102 valence electrons. The molecule has 2 heterocycles. The van der Waals surface area contributed by atoms with Crippen LogP contribution in [0.25, 0.3) is 11.2 Å². The van der Waals surface area contributed by atoms with Crippen LogP contribution in [-0.4, -0.2) is 9.55 Å². The maximum absolute atomic E-state index is 13.2. The molecule has 0 aliphatic heterocycles. The number of oxazole rings is 1. The van der Waals surface area contributed by atoms with E-state index in [4.69, 9.17) is 10.2 Å². The Kier molecular flexibility index (Phi) is 3.08. The van der Waals surface area contributed by atoms with Crippen molar-refractivity contribution in [1.29, 1.82) is 0 Å². The maximum Gasteiger partial charge on any atom is 0.421 e. The SMILES string of the molecule is NC(Cn1c(=O)oc2cccnc21)c1cccc(F)c1. The highest BCUT2D eigenvalue weighted by Gasteiger charge is 2.14. The van der Waals surface area contributed by atoms with Crippen LogP contribution in [0, 0.1) is 5.82 Å². The largest absolute Gasteiger partial charge is 0.421 e. The molecule has 0 bridgehead atoms. The van der Waals surface area contributed by atoms with E-state index < -0.39 is 11.8 Å². The van der Waals surface area contributed by atoms with Crippen molar-refractivity contribution in [2.24, 2.45) is 5.73 Å². The monoisotopic (exact) mass is 273 g/mol. The van der Waals surface area contributed by atoms with Gasteiger partial charge in [-0.3, -0.25) is 4.57 Å². The third kappa shape index (κ3) is 2.21. The summed E-state index contributed by atoms with van der Waals surface area (Å²) in [4.78, 5) is 15.9. The topological polar surface area (TPSA) is 74.0 Å². The minimum atomic E-state index is -0.523. The summed E-state index contributed by atoms with van der Waals surface area (Å²) in [5.74, 6) is -0.883. The Morgan fingerprint density at radius 3 is 3.00 bits per heavy atom. The van der Waals surface area contributed by atoms with Crippen LogP contribution in [0.3, 0.4) is 0 Å². The van der Waals surface area contributed by atoms with Gasteiger partial charge in [-0.05, 0) is 29.8 Å². The molecule has 0 spiro atoms. The van der Waals surface area contributed by atoms with Crippen LogP contribution < -0.4 is 11.5 Å². The number of aromatic nitrogens is 2. The van der Waals surface area contributed by atoms with Crippen LogP contribution in [0.5, 0.6) is 0 Å². The fourth-order valence-electron chi connectivity index (χ4n) is 2.10. The smallest absolute Gasteiger partial charge is 0.406 e. The molecule has 1 atom stereocenters. The van der Waals surface area contributed by atoms with Crippen molar-refractivity contribution in [2.75, 3.05) is 0 Å². The molecular formula is C14H12FN3O2. The normalized spacial score (nSPS) is 12.7. The van der Waals surface area contributed by atoms with Crippen molar-refractivity contribution in [3.63, 3.8) is 0 Å². The first-order valence-electron chi connectivity index (χ1n) is 6.10. The van der Waals surface area contributed by atoms with Crippen molar-refractivity contribution in [3.8, 4) is 0 Å². The second kappa shape index (κ2) is 4.90. The lowest BCUT2D eigenvalue weighted by Gasteiger charge is -2.12. The third-order valence-corrected chi connectivity index (χ3v) is 3.08. The number of benzene rings is 1. The summed E-state index contributed by atoms with van der Waals surface area (Å²) in [6.07, 6.45) is 1.57. The number of pyridine rings is 1. The minimum Gasteiger partial charge on any atom is -0.406 e. The lowest BCUT2D eigenvalue weighted by Crippen LogP contribution is -2.24. The molecule has 2 aromatic heterocycles. The molecular weight excluding hydrogens is 261 g/mol. The fourth-order valence-corrected chi connectivity index (χ4v) is 2.10. The van der Waals surface area contributed by atoms with Crippen LogP contribution in [0.1, 0.15) is 11.6 Å². The van der Waals surface area contributed by atoms with Gasteiger partial charge in [0.1, 0.15) is 5.82 Å². The van der Waals surface area contributed by atoms with Crippen LogP contribution in [0.15, 0.2) is 51.8 Å². The Hall–Kier alpha value is -2.47. The first-order valence-corrected chi connectivity index (χ1v) is 6.10. The molecule has 3 rings (SSSR count). The Bertz CT molecular complexity index is 809. The first-order chi connectivity index (χ1) is 9.65. The molecule has 0 saturated carbocycles. The van der Waals surface area contributed by atoms with Gasteiger partial charge in [0, 0.05) is 12.2 Å². The summed E-state index contributed by atoms with van der Waals surface area (Å²) < 4.78 is 19.6. The summed E-state index contributed by atoms with van der Waals surface area (Å²) in [6, 6.07) is 8.82. The van der Waals surface area contributed by atoms with Gasteiger partial charge in [0.05, 0.1) is 6.54 Å². The number of nitrogens with two attached hydrogens (primary N) is 1. The summed E-state index contributed by atoms with van der Waals surface area (Å²) in [5, 5.41) is 0. The van der Waals surface area contributed by atoms with E-state index in [2.05, 4.69) is 4.98 Å². The van der Waals surface area contributed by atoms with Gasteiger partial charge in [-0.25, -0.2) is 14.2 Å². The molecule has 0 radical (unpaired) electrons. The minimum absolute atomic E-state index is 0.173. The Morgan fingerprint density at radius 2 is 2.20 bits per heavy atom. The highest BCUT2D eigenvalue weighted by molar-refractivity contribution is 5.67. The van der Waals surface area contributed by atoms with Crippen molar-refractivity contribution in [3.05, 3.63) is 64.5 Å². The van der Waals surface area contributed by atoms with Gasteiger partial charge in [-0.15, -0.1) is 0 Å². The molecule has 5 nitrogen and oxygen atoms in total. The van der Waals surface area contributed by atoms with E-state index in [9.17, 15) is 9.18 Å². The molecule has 0 aliphatic carbocycles. The van der Waals surface area contributed by atoms with E-state index in [0.717, 1.165) is 0 Å². The Balaban J connectivity index is 1.97. The van der Waals surface area contributed by atoms with Crippen LogP contribution >= 0.6 is 0 Å². The number of rotatable bonds is 3. The van der Waals surface area contributed by atoms with Gasteiger partial charge < -0.3 is 10.2 Å². The van der Waals surface area contributed by atoms with E-state index in [1.807, 2.05) is 0 Å². The molecule has 0 amide bonds. The molecule has 6 heteroatoms. The predicted molar refractivity (Wildman–Crippen MR) is 71.6 cm³/mol. The number of halogens is 1. The van der Waals surface area contributed by atoms with Gasteiger partial charge in [-0.1, -0.05) is 12.1 Å². The molecule has 3 aromatic rings. The van der Waals surface area contributed by atoms with E-state index in [1.165, 1.54) is 16.7 Å². The lowest BCUT2D eigenvalue weighted by atomic mass is 10.1. The highest BCUT2D eigenvalue weighted by atomic mass is 19.1. The van der Waals surface area contributed by atoms with Gasteiger partial charge in [-0.2, -0.15) is 0 Å². The van der Waals surface area contributed by atoms with Crippen LogP contribution in [0.2, 0.25) is 0 Å². The van der Waals surface area contributed by atoms with Gasteiger partial charge in [0.2, 0.25) is 0 Å². The molecule has 0 saturated heterocycles. The third-order valence-electron chi connectivity index (χ3n) is 3.08. The summed E-state index contributed by atoms with van der Waals surface area (Å²) in [5.41, 5.74) is 7.47. The zero-order chi connectivity index (χ0) is 14.1. The van der Waals surface area contributed by atoms with Crippen LogP contribution in [-0.2, 0) is 6.54 Å². The molecule has 20 heavy (non-hydrogen) atoms. The summed E-state index contributed by atoms with van der Waals surface area (Å²) in [6.45, 7) is 0.173. The zero-order valence-electron chi connectivity index (χ0n) is 10.5.